The molecular formula is C14H26N2O. The number of nitrogens with zero attached hydrogens (tertiary/aromatic N) is 1. The monoisotopic (exact) mass is 238 g/mol. The lowest BCUT2D eigenvalue weighted by atomic mass is 9.86. The molecule has 1 saturated carbocycles. The number of rotatable bonds is 1. The number of amides is 2. The SMILES string of the molecule is CC1CC(C)C(C)N(C(=O)NC2CCCC2)C1. The summed E-state index contributed by atoms with van der Waals surface area (Å²) in [6.45, 7) is 7.61. The molecule has 0 aromatic carbocycles. The molecule has 3 unspecified atom stereocenters. The first-order valence-corrected chi connectivity index (χ1v) is 7.15. The number of carbonyl (C=O) groups excluding carboxylic acids is 1. The third kappa shape index (κ3) is 2.93. The van der Waals surface area contributed by atoms with Crippen LogP contribution in [0.4, 0.5) is 4.79 Å². The van der Waals surface area contributed by atoms with Crippen LogP contribution in [0.3, 0.4) is 0 Å². The smallest absolute Gasteiger partial charge is 0.317 e. The summed E-state index contributed by atoms with van der Waals surface area (Å²) in [6, 6.07) is 0.984. The molecule has 2 fully saturated rings. The van der Waals surface area contributed by atoms with E-state index in [0.717, 1.165) is 6.54 Å². The molecule has 3 atom stereocenters. The van der Waals surface area contributed by atoms with E-state index in [1.54, 1.807) is 0 Å². The lowest BCUT2D eigenvalue weighted by Gasteiger charge is -2.41. The third-order valence-corrected chi connectivity index (χ3v) is 4.54. The van der Waals surface area contributed by atoms with E-state index in [0.29, 0.717) is 23.9 Å². The second-order valence-corrected chi connectivity index (χ2v) is 6.14. The summed E-state index contributed by atoms with van der Waals surface area (Å²) in [4.78, 5) is 14.3. The topological polar surface area (TPSA) is 32.3 Å². The van der Waals surface area contributed by atoms with Crippen LogP contribution in [0, 0.1) is 11.8 Å². The fraction of sp³-hybridized carbons (Fsp3) is 0.929. The van der Waals surface area contributed by atoms with Gasteiger partial charge in [-0.1, -0.05) is 26.7 Å². The number of piperidine rings is 1. The summed E-state index contributed by atoms with van der Waals surface area (Å²) >= 11 is 0. The molecule has 1 heterocycles. The molecule has 1 aliphatic heterocycles. The summed E-state index contributed by atoms with van der Waals surface area (Å²) in [5.41, 5.74) is 0. The maximum Gasteiger partial charge on any atom is 0.317 e. The molecule has 1 aliphatic carbocycles. The van der Waals surface area contributed by atoms with Crippen molar-refractivity contribution < 1.29 is 4.79 Å². The van der Waals surface area contributed by atoms with Gasteiger partial charge in [-0.3, -0.25) is 0 Å². The first-order valence-electron chi connectivity index (χ1n) is 7.15. The van der Waals surface area contributed by atoms with E-state index in [1.807, 2.05) is 0 Å². The van der Waals surface area contributed by atoms with Crippen molar-refractivity contribution in [1.29, 1.82) is 0 Å². The van der Waals surface area contributed by atoms with Gasteiger partial charge in [0.05, 0.1) is 0 Å². The average molecular weight is 238 g/mol. The maximum atomic E-state index is 12.3. The summed E-state index contributed by atoms with van der Waals surface area (Å²) < 4.78 is 0. The van der Waals surface area contributed by atoms with Gasteiger partial charge in [0.1, 0.15) is 0 Å². The van der Waals surface area contributed by atoms with Gasteiger partial charge < -0.3 is 10.2 Å². The second kappa shape index (κ2) is 5.28. The molecular weight excluding hydrogens is 212 g/mol. The minimum absolute atomic E-state index is 0.169. The summed E-state index contributed by atoms with van der Waals surface area (Å²) in [5.74, 6) is 1.25. The Morgan fingerprint density at radius 2 is 1.82 bits per heavy atom. The first-order chi connectivity index (χ1) is 8.08. The quantitative estimate of drug-likeness (QED) is 0.748. The van der Waals surface area contributed by atoms with Crippen LogP contribution in [0.15, 0.2) is 0 Å². The van der Waals surface area contributed by atoms with Gasteiger partial charge in [-0.05, 0) is 38.0 Å². The molecule has 0 bridgehead atoms. The minimum Gasteiger partial charge on any atom is -0.335 e. The zero-order valence-electron chi connectivity index (χ0n) is 11.4. The molecule has 0 aromatic heterocycles. The van der Waals surface area contributed by atoms with E-state index < -0.39 is 0 Å². The molecule has 3 heteroatoms. The number of hydrogen-bond donors (Lipinski definition) is 1. The van der Waals surface area contributed by atoms with Gasteiger partial charge in [-0.2, -0.15) is 0 Å². The van der Waals surface area contributed by atoms with E-state index in [-0.39, 0.29) is 6.03 Å². The highest BCUT2D eigenvalue weighted by Crippen LogP contribution is 2.27. The van der Waals surface area contributed by atoms with E-state index in [2.05, 4.69) is 31.0 Å². The standard InChI is InChI=1S/C14H26N2O/c1-10-8-11(2)12(3)16(9-10)14(17)15-13-6-4-5-7-13/h10-13H,4-9H2,1-3H3,(H,15,17). The lowest BCUT2D eigenvalue weighted by Crippen LogP contribution is -2.54. The molecule has 0 aromatic rings. The number of carbonyl (C=O) groups is 1. The van der Waals surface area contributed by atoms with Gasteiger partial charge in [0.15, 0.2) is 0 Å². The largest absolute Gasteiger partial charge is 0.335 e. The number of hydrogen-bond acceptors (Lipinski definition) is 1. The Bertz CT molecular complexity index is 273. The number of urea groups is 1. The van der Waals surface area contributed by atoms with Gasteiger partial charge in [0, 0.05) is 18.6 Å². The highest BCUT2D eigenvalue weighted by atomic mass is 16.2. The Morgan fingerprint density at radius 3 is 2.47 bits per heavy atom. The van der Waals surface area contributed by atoms with Crippen molar-refractivity contribution in [3.63, 3.8) is 0 Å². The van der Waals surface area contributed by atoms with Crippen LogP contribution in [0.25, 0.3) is 0 Å². The average Bonchev–Trinajstić information content (AvgIpc) is 2.76. The van der Waals surface area contributed by atoms with Crippen molar-refractivity contribution in [3.05, 3.63) is 0 Å². The Balaban J connectivity index is 1.92. The van der Waals surface area contributed by atoms with Crippen LogP contribution < -0.4 is 5.32 Å². The third-order valence-electron chi connectivity index (χ3n) is 4.54. The van der Waals surface area contributed by atoms with Gasteiger partial charge in [-0.25, -0.2) is 4.79 Å². The van der Waals surface area contributed by atoms with Gasteiger partial charge in [-0.15, -0.1) is 0 Å². The molecule has 98 valence electrons. The van der Waals surface area contributed by atoms with Crippen molar-refractivity contribution >= 4 is 6.03 Å². The van der Waals surface area contributed by atoms with Crippen molar-refractivity contribution in [2.45, 2.75) is 65.0 Å². The Hall–Kier alpha value is -0.730. The molecule has 0 radical (unpaired) electrons. The van der Waals surface area contributed by atoms with Crippen LogP contribution in [-0.2, 0) is 0 Å². The van der Waals surface area contributed by atoms with Crippen LogP contribution in [0.1, 0.15) is 52.9 Å². The van der Waals surface area contributed by atoms with Gasteiger partial charge >= 0.3 is 6.03 Å². The second-order valence-electron chi connectivity index (χ2n) is 6.14. The summed E-state index contributed by atoms with van der Waals surface area (Å²) in [7, 11) is 0. The van der Waals surface area contributed by atoms with Crippen molar-refractivity contribution in [1.82, 2.24) is 10.2 Å². The van der Waals surface area contributed by atoms with Crippen molar-refractivity contribution in [2.24, 2.45) is 11.8 Å². The molecule has 2 aliphatic rings. The zero-order valence-corrected chi connectivity index (χ0v) is 11.4. The van der Waals surface area contributed by atoms with Gasteiger partial charge in [0.25, 0.3) is 0 Å². The fourth-order valence-electron chi connectivity index (χ4n) is 3.31. The maximum absolute atomic E-state index is 12.3. The van der Waals surface area contributed by atoms with E-state index in [9.17, 15) is 4.79 Å². The predicted molar refractivity (Wildman–Crippen MR) is 69.9 cm³/mol. The van der Waals surface area contributed by atoms with Crippen LogP contribution in [0.2, 0.25) is 0 Å². The van der Waals surface area contributed by atoms with Gasteiger partial charge in [0.2, 0.25) is 0 Å². The van der Waals surface area contributed by atoms with E-state index >= 15 is 0 Å². The lowest BCUT2D eigenvalue weighted by molar-refractivity contribution is 0.0998. The zero-order chi connectivity index (χ0) is 12.4. The Kier molecular flexibility index (Phi) is 3.95. The highest BCUT2D eigenvalue weighted by molar-refractivity contribution is 5.75. The molecule has 0 spiro atoms. The Labute approximate surface area is 105 Å². The minimum atomic E-state index is 0.169. The van der Waals surface area contributed by atoms with Crippen LogP contribution >= 0.6 is 0 Å². The van der Waals surface area contributed by atoms with E-state index in [1.165, 1.54) is 32.1 Å². The van der Waals surface area contributed by atoms with E-state index in [4.69, 9.17) is 0 Å². The normalized spacial score (nSPS) is 35.0. The molecule has 1 N–H and O–H groups in total. The Morgan fingerprint density at radius 1 is 1.18 bits per heavy atom. The molecule has 17 heavy (non-hydrogen) atoms. The first kappa shape index (κ1) is 12.7. The number of likely N-dealkylation sites (tertiary alicyclic amines) is 1. The fourth-order valence-corrected chi connectivity index (χ4v) is 3.31. The molecule has 1 saturated heterocycles. The molecule has 2 amide bonds. The van der Waals surface area contributed by atoms with Crippen LogP contribution in [0.5, 0.6) is 0 Å². The number of nitrogens with one attached hydrogen (secondary N) is 1. The van der Waals surface area contributed by atoms with Crippen molar-refractivity contribution in [3.8, 4) is 0 Å². The predicted octanol–water partition coefficient (Wildman–Crippen LogP) is 3.01. The molecule has 3 nitrogen and oxygen atoms in total. The highest BCUT2D eigenvalue weighted by Gasteiger charge is 2.32. The van der Waals surface area contributed by atoms with Crippen LogP contribution in [-0.4, -0.2) is 29.6 Å². The molecule has 2 rings (SSSR count). The summed E-state index contributed by atoms with van der Waals surface area (Å²) in [5, 5.41) is 3.21. The van der Waals surface area contributed by atoms with Crippen molar-refractivity contribution in [2.75, 3.05) is 6.54 Å². The summed E-state index contributed by atoms with van der Waals surface area (Å²) in [6.07, 6.45) is 6.12.